The third kappa shape index (κ3) is 11.3. The van der Waals surface area contributed by atoms with Crippen molar-refractivity contribution < 1.29 is 19.1 Å². The fourth-order valence-corrected chi connectivity index (χ4v) is 0.949. The van der Waals surface area contributed by atoms with E-state index in [2.05, 4.69) is 10.6 Å². The van der Waals surface area contributed by atoms with Crippen LogP contribution in [0.15, 0.2) is 0 Å². The van der Waals surface area contributed by atoms with Crippen LogP contribution in [0.1, 0.15) is 13.3 Å². The molecule has 0 aliphatic carbocycles. The smallest absolute Gasteiger partial charge is 0.246 e. The second-order valence-corrected chi connectivity index (χ2v) is 3.45. The van der Waals surface area contributed by atoms with Crippen molar-refractivity contribution in [2.75, 3.05) is 46.6 Å². The Bertz CT molecular complexity index is 222. The van der Waals surface area contributed by atoms with Crippen molar-refractivity contribution >= 4 is 11.7 Å². The molecule has 0 aromatic carbocycles. The number of ether oxygens (including phenoxy) is 2. The first-order valence-corrected chi connectivity index (χ1v) is 5.79. The Kier molecular flexibility index (Phi) is 10.8. The lowest BCUT2D eigenvalue weighted by Crippen LogP contribution is -2.33. The molecule has 0 aromatic heterocycles. The van der Waals surface area contributed by atoms with Crippen LogP contribution in [-0.2, 0) is 19.1 Å². The highest BCUT2D eigenvalue weighted by Gasteiger charge is 2.00. The first-order chi connectivity index (χ1) is 8.20. The van der Waals surface area contributed by atoms with Gasteiger partial charge in [0.05, 0.1) is 13.2 Å². The molecule has 0 aliphatic heterocycles. The Morgan fingerprint density at radius 2 is 1.71 bits per heavy atom. The fourth-order valence-electron chi connectivity index (χ4n) is 0.949. The van der Waals surface area contributed by atoms with E-state index >= 15 is 0 Å². The van der Waals surface area contributed by atoms with Crippen LogP contribution < -0.4 is 10.6 Å². The summed E-state index contributed by atoms with van der Waals surface area (Å²) in [7, 11) is 1.82. The molecule has 6 heteroatoms. The van der Waals surface area contributed by atoms with Crippen molar-refractivity contribution in [1.29, 1.82) is 0 Å². The maximum atomic E-state index is 11.1. The summed E-state index contributed by atoms with van der Waals surface area (Å²) in [5.74, 6) is -0.0836. The molecule has 0 atom stereocenters. The van der Waals surface area contributed by atoms with E-state index < -0.39 is 0 Å². The van der Waals surface area contributed by atoms with Crippen LogP contribution in [0.2, 0.25) is 0 Å². The summed E-state index contributed by atoms with van der Waals surface area (Å²) in [6, 6.07) is 0. The van der Waals surface area contributed by atoms with Crippen LogP contribution >= 0.6 is 0 Å². The third-order valence-electron chi connectivity index (χ3n) is 1.96. The molecule has 0 heterocycles. The summed E-state index contributed by atoms with van der Waals surface area (Å²) in [5.41, 5.74) is 0. The van der Waals surface area contributed by atoms with Crippen molar-refractivity contribution in [3.63, 3.8) is 0 Å². The lowest BCUT2D eigenvalue weighted by molar-refractivity contribution is -0.128. The van der Waals surface area contributed by atoms with Gasteiger partial charge in [0.25, 0.3) is 0 Å². The van der Waals surface area contributed by atoms with E-state index in [1.807, 2.05) is 7.05 Å². The molecule has 100 valence electrons. The summed E-state index contributed by atoms with van der Waals surface area (Å²) in [6.07, 6.45) is 0.481. The maximum Gasteiger partial charge on any atom is 0.246 e. The molecule has 0 radical (unpaired) electrons. The van der Waals surface area contributed by atoms with Gasteiger partial charge in [-0.05, 0) is 7.05 Å². The number of hydrogen-bond acceptors (Lipinski definition) is 5. The Labute approximate surface area is 102 Å². The molecule has 17 heavy (non-hydrogen) atoms. The van der Waals surface area contributed by atoms with E-state index in [4.69, 9.17) is 9.47 Å². The van der Waals surface area contributed by atoms with Crippen molar-refractivity contribution in [2.45, 2.75) is 13.3 Å². The lowest BCUT2D eigenvalue weighted by atomic mass is 10.3. The molecule has 0 fully saturated rings. The second-order valence-electron chi connectivity index (χ2n) is 3.45. The van der Waals surface area contributed by atoms with E-state index in [0.717, 1.165) is 6.54 Å². The topological polar surface area (TPSA) is 76.7 Å². The zero-order valence-corrected chi connectivity index (χ0v) is 10.6. The minimum absolute atomic E-state index is 0.0226. The van der Waals surface area contributed by atoms with Gasteiger partial charge >= 0.3 is 0 Å². The van der Waals surface area contributed by atoms with E-state index in [1.165, 1.54) is 0 Å². The van der Waals surface area contributed by atoms with Gasteiger partial charge in [-0.15, -0.1) is 0 Å². The zero-order valence-electron chi connectivity index (χ0n) is 10.6. The molecule has 0 aromatic rings. The highest BCUT2D eigenvalue weighted by atomic mass is 16.5. The van der Waals surface area contributed by atoms with Gasteiger partial charge in [-0.25, -0.2) is 0 Å². The number of carbonyl (C=O) groups is 2. The van der Waals surface area contributed by atoms with Gasteiger partial charge in [0.15, 0.2) is 5.78 Å². The number of rotatable bonds is 11. The summed E-state index contributed by atoms with van der Waals surface area (Å²) in [6.45, 7) is 3.89. The van der Waals surface area contributed by atoms with Crippen LogP contribution in [0.5, 0.6) is 0 Å². The summed E-state index contributed by atoms with van der Waals surface area (Å²) < 4.78 is 10.1. The SMILES string of the molecule is CCC(=O)COCCOCC(=O)NCCNC. The molecule has 0 saturated carbocycles. The minimum atomic E-state index is -0.148. The quantitative estimate of drug-likeness (QED) is 0.473. The predicted octanol–water partition coefficient (Wildman–Crippen LogP) is -0.666. The lowest BCUT2D eigenvalue weighted by Gasteiger charge is -2.06. The highest BCUT2D eigenvalue weighted by Crippen LogP contribution is 1.84. The number of Topliss-reactive ketones (excluding diaryl/α,β-unsaturated/α-hetero) is 1. The third-order valence-corrected chi connectivity index (χ3v) is 1.96. The largest absolute Gasteiger partial charge is 0.371 e. The van der Waals surface area contributed by atoms with E-state index in [1.54, 1.807) is 6.92 Å². The van der Waals surface area contributed by atoms with Crippen molar-refractivity contribution in [2.24, 2.45) is 0 Å². The standard InChI is InChI=1S/C11H22N2O4/c1-3-10(14)8-16-6-7-17-9-11(15)13-5-4-12-2/h12H,3-9H2,1-2H3,(H,13,15). The van der Waals surface area contributed by atoms with E-state index in [0.29, 0.717) is 26.2 Å². The molecule has 2 N–H and O–H groups in total. The maximum absolute atomic E-state index is 11.1. The van der Waals surface area contributed by atoms with Gasteiger partial charge < -0.3 is 20.1 Å². The number of hydrogen-bond donors (Lipinski definition) is 2. The van der Waals surface area contributed by atoms with Crippen LogP contribution in [0.25, 0.3) is 0 Å². The van der Waals surface area contributed by atoms with Gasteiger partial charge in [-0.1, -0.05) is 6.92 Å². The molecule has 0 unspecified atom stereocenters. The Morgan fingerprint density at radius 3 is 2.29 bits per heavy atom. The normalized spacial score (nSPS) is 10.2. The van der Waals surface area contributed by atoms with Gasteiger partial charge in [0, 0.05) is 19.5 Å². The number of amides is 1. The predicted molar refractivity (Wildman–Crippen MR) is 63.9 cm³/mol. The van der Waals surface area contributed by atoms with Gasteiger partial charge in [-0.2, -0.15) is 0 Å². The molecule has 0 saturated heterocycles. The Hall–Kier alpha value is -0.980. The zero-order chi connectivity index (χ0) is 12.9. The van der Waals surface area contributed by atoms with Crippen molar-refractivity contribution in [1.82, 2.24) is 10.6 Å². The molecular formula is C11H22N2O4. The molecule has 1 amide bonds. The molecule has 6 nitrogen and oxygen atoms in total. The fraction of sp³-hybridized carbons (Fsp3) is 0.818. The summed E-state index contributed by atoms with van der Waals surface area (Å²) in [4.78, 5) is 22.0. The Morgan fingerprint density at radius 1 is 1.06 bits per heavy atom. The van der Waals surface area contributed by atoms with Gasteiger partial charge in [-0.3, -0.25) is 9.59 Å². The van der Waals surface area contributed by atoms with Crippen molar-refractivity contribution in [3.8, 4) is 0 Å². The number of likely N-dealkylation sites (N-methyl/N-ethyl adjacent to an activating group) is 1. The van der Waals surface area contributed by atoms with Crippen LogP contribution in [0.3, 0.4) is 0 Å². The number of nitrogens with one attached hydrogen (secondary N) is 2. The number of carbonyl (C=O) groups excluding carboxylic acids is 2. The average Bonchev–Trinajstić information content (AvgIpc) is 2.33. The first kappa shape index (κ1) is 16.0. The minimum Gasteiger partial charge on any atom is -0.371 e. The van der Waals surface area contributed by atoms with Gasteiger partial charge in [0.2, 0.25) is 5.91 Å². The van der Waals surface area contributed by atoms with E-state index in [9.17, 15) is 9.59 Å². The molecule has 0 bridgehead atoms. The highest BCUT2D eigenvalue weighted by molar-refractivity contribution is 5.79. The van der Waals surface area contributed by atoms with Crippen molar-refractivity contribution in [3.05, 3.63) is 0 Å². The molecule has 0 spiro atoms. The molecule has 0 rings (SSSR count). The summed E-state index contributed by atoms with van der Waals surface area (Å²) >= 11 is 0. The summed E-state index contributed by atoms with van der Waals surface area (Å²) in [5, 5.41) is 5.60. The first-order valence-electron chi connectivity index (χ1n) is 5.79. The second kappa shape index (κ2) is 11.5. The molecule has 0 aliphatic rings. The van der Waals surface area contributed by atoms with E-state index in [-0.39, 0.29) is 24.9 Å². The number of ketones is 1. The molecular weight excluding hydrogens is 224 g/mol. The van der Waals surface area contributed by atoms with Crippen LogP contribution in [0.4, 0.5) is 0 Å². The average molecular weight is 246 g/mol. The monoisotopic (exact) mass is 246 g/mol. The van der Waals surface area contributed by atoms with Crippen LogP contribution in [0, 0.1) is 0 Å². The van der Waals surface area contributed by atoms with Crippen LogP contribution in [-0.4, -0.2) is 58.3 Å². The Balaban J connectivity index is 3.22. The van der Waals surface area contributed by atoms with Gasteiger partial charge in [0.1, 0.15) is 13.2 Å².